The molecule has 0 saturated carbocycles. The predicted octanol–water partition coefficient (Wildman–Crippen LogP) is 3.90. The smallest absolute Gasteiger partial charge is 0.211 e. The first-order chi connectivity index (χ1) is 8.44. The fourth-order valence-corrected chi connectivity index (χ4v) is 4.41. The molecule has 6 heteroatoms. The maximum absolute atomic E-state index is 12.1. The van der Waals surface area contributed by atoms with E-state index >= 15 is 0 Å². The summed E-state index contributed by atoms with van der Waals surface area (Å²) < 4.78 is 26.6. The molecule has 0 bridgehead atoms. The Balaban J connectivity index is 3.12. The Morgan fingerprint density at radius 3 is 2.44 bits per heavy atom. The van der Waals surface area contributed by atoms with Crippen LogP contribution in [0.3, 0.4) is 0 Å². The largest absolute Gasteiger partial charge is 0.224 e. The molecule has 1 aromatic rings. The minimum atomic E-state index is -3.26. The van der Waals surface area contributed by atoms with Gasteiger partial charge in [-0.15, -0.1) is 0 Å². The number of halogens is 2. The average Bonchev–Trinajstić information content (AvgIpc) is 2.35. The number of sulfonamides is 1. The number of nitrogens with zero attached hydrogens (tertiary/aromatic N) is 1. The summed E-state index contributed by atoms with van der Waals surface area (Å²) in [4.78, 5) is 0. The Morgan fingerprint density at radius 1 is 1.33 bits per heavy atom. The molecule has 1 aromatic carbocycles. The number of rotatable bonds is 6. The topological polar surface area (TPSA) is 37.4 Å². The van der Waals surface area contributed by atoms with Crippen molar-refractivity contribution in [3.05, 3.63) is 34.3 Å². The van der Waals surface area contributed by atoms with E-state index in [1.165, 1.54) is 0 Å². The third-order valence-corrected chi connectivity index (χ3v) is 6.67. The van der Waals surface area contributed by atoms with E-state index in [-0.39, 0.29) is 10.7 Å². The van der Waals surface area contributed by atoms with Gasteiger partial charge < -0.3 is 0 Å². The maximum Gasteiger partial charge on any atom is 0.224 e. The number of hydrogen-bond acceptors (Lipinski definition) is 2. The Labute approximate surface area is 126 Å². The molecule has 102 valence electrons. The number of alkyl halides is 1. The van der Waals surface area contributed by atoms with Crippen LogP contribution in [0.4, 0.5) is 0 Å². The van der Waals surface area contributed by atoms with Crippen LogP contribution in [0.2, 0.25) is 0 Å². The molecule has 0 amide bonds. The maximum atomic E-state index is 12.1. The molecule has 0 saturated heterocycles. The van der Waals surface area contributed by atoms with E-state index in [1.807, 2.05) is 38.1 Å². The van der Waals surface area contributed by atoms with E-state index in [1.54, 1.807) is 4.31 Å². The van der Waals surface area contributed by atoms with Crippen molar-refractivity contribution >= 4 is 41.9 Å². The van der Waals surface area contributed by atoms with Gasteiger partial charge in [0.05, 0.1) is 0 Å². The second-order valence-electron chi connectivity index (χ2n) is 4.03. The Kier molecular flexibility index (Phi) is 6.30. The van der Waals surface area contributed by atoms with E-state index in [0.29, 0.717) is 6.54 Å². The third-order valence-electron chi connectivity index (χ3n) is 2.73. The zero-order valence-corrected chi connectivity index (χ0v) is 14.4. The van der Waals surface area contributed by atoms with Crippen molar-refractivity contribution in [2.75, 3.05) is 11.2 Å². The first-order valence-electron chi connectivity index (χ1n) is 5.74. The summed E-state index contributed by atoms with van der Waals surface area (Å²) >= 11 is 6.53. The molecule has 0 heterocycles. The van der Waals surface area contributed by atoms with E-state index in [0.717, 1.165) is 16.5 Å². The van der Waals surface area contributed by atoms with E-state index < -0.39 is 10.0 Å². The lowest BCUT2D eigenvalue weighted by Gasteiger charge is -2.28. The van der Waals surface area contributed by atoms with Crippen LogP contribution in [-0.4, -0.2) is 23.9 Å². The highest BCUT2D eigenvalue weighted by molar-refractivity contribution is 9.11. The van der Waals surface area contributed by atoms with Crippen molar-refractivity contribution in [3.8, 4) is 0 Å². The van der Waals surface area contributed by atoms with E-state index in [9.17, 15) is 8.42 Å². The summed E-state index contributed by atoms with van der Waals surface area (Å²) in [6.45, 7) is 4.41. The quantitative estimate of drug-likeness (QED) is 0.681. The standard InChI is InChI=1S/C12H17Br2NO2S/c1-3-8-15(18(16,17)9-13)10(2)11-6-4-5-7-12(11)14/h4-7,10H,3,8-9H2,1-2H3. The third kappa shape index (κ3) is 3.79. The summed E-state index contributed by atoms with van der Waals surface area (Å²) in [6.07, 6.45) is 0.793. The molecule has 0 fully saturated rings. The lowest BCUT2D eigenvalue weighted by Crippen LogP contribution is -2.35. The van der Waals surface area contributed by atoms with Gasteiger partial charge in [0.1, 0.15) is 4.66 Å². The van der Waals surface area contributed by atoms with E-state index in [4.69, 9.17) is 0 Å². The van der Waals surface area contributed by atoms with Gasteiger partial charge in [-0.1, -0.05) is 57.0 Å². The normalized spacial score (nSPS) is 13.8. The molecular weight excluding hydrogens is 382 g/mol. The zero-order chi connectivity index (χ0) is 13.8. The van der Waals surface area contributed by atoms with Crippen molar-refractivity contribution in [1.29, 1.82) is 0 Å². The van der Waals surface area contributed by atoms with Gasteiger partial charge in [-0.25, -0.2) is 8.42 Å². The molecule has 0 aliphatic heterocycles. The van der Waals surface area contributed by atoms with Crippen LogP contribution in [0.25, 0.3) is 0 Å². The molecule has 0 radical (unpaired) electrons. The van der Waals surface area contributed by atoms with Gasteiger partial charge in [0, 0.05) is 17.1 Å². The highest BCUT2D eigenvalue weighted by Crippen LogP contribution is 2.29. The number of hydrogen-bond donors (Lipinski definition) is 0. The van der Waals surface area contributed by atoms with Crippen LogP contribution in [0.15, 0.2) is 28.7 Å². The van der Waals surface area contributed by atoms with Crippen molar-refractivity contribution in [3.63, 3.8) is 0 Å². The van der Waals surface area contributed by atoms with Crippen LogP contribution in [0.5, 0.6) is 0 Å². The molecule has 0 aromatic heterocycles. The minimum absolute atomic E-state index is 0.0468. The molecule has 0 aliphatic rings. The van der Waals surface area contributed by atoms with Gasteiger partial charge in [0.25, 0.3) is 0 Å². The first kappa shape index (κ1) is 16.1. The molecule has 1 rings (SSSR count). The number of benzene rings is 1. The predicted molar refractivity (Wildman–Crippen MR) is 82.3 cm³/mol. The van der Waals surface area contributed by atoms with Gasteiger partial charge in [-0.05, 0) is 25.0 Å². The summed E-state index contributed by atoms with van der Waals surface area (Å²) in [7, 11) is -3.26. The van der Waals surface area contributed by atoms with Crippen molar-refractivity contribution in [1.82, 2.24) is 4.31 Å². The fraction of sp³-hybridized carbons (Fsp3) is 0.500. The summed E-state index contributed by atoms with van der Waals surface area (Å²) in [5.74, 6) is 0. The van der Waals surface area contributed by atoms with Crippen LogP contribution in [-0.2, 0) is 10.0 Å². The fourth-order valence-electron chi connectivity index (χ4n) is 1.83. The van der Waals surface area contributed by atoms with E-state index in [2.05, 4.69) is 31.9 Å². The van der Waals surface area contributed by atoms with Gasteiger partial charge in [0.15, 0.2) is 0 Å². The molecular formula is C12H17Br2NO2S. The van der Waals surface area contributed by atoms with Crippen LogP contribution >= 0.6 is 31.9 Å². The average molecular weight is 399 g/mol. The minimum Gasteiger partial charge on any atom is -0.211 e. The van der Waals surface area contributed by atoms with Crippen molar-refractivity contribution in [2.45, 2.75) is 26.3 Å². The SMILES string of the molecule is CCCN(C(C)c1ccccc1Br)S(=O)(=O)CBr. The Hall–Kier alpha value is 0.0900. The van der Waals surface area contributed by atoms with Gasteiger partial charge in [-0.2, -0.15) is 4.31 Å². The van der Waals surface area contributed by atoms with Gasteiger partial charge in [-0.3, -0.25) is 0 Å². The van der Waals surface area contributed by atoms with Crippen LogP contribution < -0.4 is 0 Å². The Morgan fingerprint density at radius 2 is 1.94 bits per heavy atom. The lowest BCUT2D eigenvalue weighted by atomic mass is 10.1. The summed E-state index contributed by atoms with van der Waals surface area (Å²) in [6, 6.07) is 7.53. The molecule has 1 unspecified atom stereocenters. The second-order valence-corrected chi connectivity index (χ2v) is 8.11. The molecule has 0 spiro atoms. The molecule has 0 N–H and O–H groups in total. The molecule has 18 heavy (non-hydrogen) atoms. The second kappa shape index (κ2) is 7.03. The zero-order valence-electron chi connectivity index (χ0n) is 10.4. The van der Waals surface area contributed by atoms with Crippen molar-refractivity contribution in [2.24, 2.45) is 0 Å². The molecule has 1 atom stereocenters. The van der Waals surface area contributed by atoms with Gasteiger partial charge >= 0.3 is 0 Å². The summed E-state index contributed by atoms with van der Waals surface area (Å²) in [5.41, 5.74) is 0.982. The first-order valence-corrected chi connectivity index (χ1v) is 9.26. The molecule has 3 nitrogen and oxygen atoms in total. The van der Waals surface area contributed by atoms with Crippen LogP contribution in [0, 0.1) is 0 Å². The van der Waals surface area contributed by atoms with Gasteiger partial charge in [0.2, 0.25) is 10.0 Å². The highest BCUT2D eigenvalue weighted by atomic mass is 79.9. The van der Waals surface area contributed by atoms with Crippen molar-refractivity contribution < 1.29 is 8.42 Å². The lowest BCUT2D eigenvalue weighted by molar-refractivity contribution is 0.344. The summed E-state index contributed by atoms with van der Waals surface area (Å²) in [5, 5.41) is 0. The Bertz CT molecular complexity index is 491. The molecule has 0 aliphatic carbocycles. The highest BCUT2D eigenvalue weighted by Gasteiger charge is 2.27. The monoisotopic (exact) mass is 397 g/mol. The van der Waals surface area contributed by atoms with Crippen LogP contribution in [0.1, 0.15) is 31.9 Å².